The Morgan fingerprint density at radius 3 is 2.75 bits per heavy atom. The fraction of sp³-hybridized carbons (Fsp3) is 0.300. The van der Waals surface area contributed by atoms with Gasteiger partial charge in [-0.05, 0) is 24.3 Å². The second-order valence-corrected chi connectivity index (χ2v) is 7.82. The molecular weight excluding hydrogens is 436 g/mol. The van der Waals surface area contributed by atoms with Crippen LogP contribution in [0.3, 0.4) is 0 Å². The van der Waals surface area contributed by atoms with E-state index in [1.54, 1.807) is 6.07 Å². The molecule has 2 aliphatic rings. The van der Waals surface area contributed by atoms with E-state index in [1.165, 1.54) is 23.1 Å². The normalized spacial score (nSPS) is 16.2. The second kappa shape index (κ2) is 7.50. The lowest BCUT2D eigenvalue weighted by Gasteiger charge is -2.39. The summed E-state index contributed by atoms with van der Waals surface area (Å²) in [7, 11) is 0. The number of carbonyl (C=O) groups is 2. The molecule has 0 aliphatic carbocycles. The maximum atomic E-state index is 14.3. The molecule has 1 amide bonds. The van der Waals surface area contributed by atoms with Gasteiger partial charge in [0.25, 0.3) is 5.91 Å². The number of rotatable bonds is 4. The molecule has 28 heavy (non-hydrogen) atoms. The van der Waals surface area contributed by atoms with Gasteiger partial charge >= 0.3 is 0 Å². The van der Waals surface area contributed by atoms with Crippen LogP contribution in [0.4, 0.5) is 8.78 Å². The van der Waals surface area contributed by atoms with E-state index in [4.69, 9.17) is 9.47 Å². The number of ether oxygens (including phenoxy) is 2. The summed E-state index contributed by atoms with van der Waals surface area (Å²) in [5, 5.41) is 0. The first-order valence-electron chi connectivity index (χ1n) is 8.74. The third-order valence-electron chi connectivity index (χ3n) is 4.77. The second-order valence-electron chi connectivity index (χ2n) is 6.91. The van der Waals surface area contributed by atoms with Gasteiger partial charge in [-0.2, -0.15) is 0 Å². The summed E-state index contributed by atoms with van der Waals surface area (Å²) in [5.41, 5.74) is 0.447. The van der Waals surface area contributed by atoms with Crippen LogP contribution >= 0.6 is 15.9 Å². The number of halogens is 3. The van der Waals surface area contributed by atoms with Crippen molar-refractivity contribution in [2.24, 2.45) is 5.92 Å². The third kappa shape index (κ3) is 3.73. The van der Waals surface area contributed by atoms with Crippen molar-refractivity contribution < 1.29 is 27.8 Å². The lowest BCUT2D eigenvalue weighted by molar-refractivity contribution is -0.121. The smallest absolute Gasteiger partial charge is 0.256 e. The van der Waals surface area contributed by atoms with Crippen LogP contribution in [0.1, 0.15) is 15.9 Å². The van der Waals surface area contributed by atoms with Gasteiger partial charge in [-0.1, -0.05) is 15.9 Å². The summed E-state index contributed by atoms with van der Waals surface area (Å²) in [4.78, 5) is 25.6. The Morgan fingerprint density at radius 1 is 1.21 bits per heavy atom. The molecule has 4 rings (SSSR count). The Bertz CT molecular complexity index is 959. The molecule has 8 heteroatoms. The van der Waals surface area contributed by atoms with Crippen LogP contribution in [-0.2, 0) is 11.2 Å². The SMILES string of the molecule is O=C1COc2cc(F)c(C(=O)N3CC(COc4ccc(Br)cc4F)C3)cc2C1. The van der Waals surface area contributed by atoms with Crippen LogP contribution in [0.5, 0.6) is 11.5 Å². The average Bonchev–Trinajstić information content (AvgIpc) is 2.61. The molecule has 0 N–H and O–H groups in total. The molecule has 2 aromatic carbocycles. The summed E-state index contributed by atoms with van der Waals surface area (Å²) in [6.07, 6.45) is 0.130. The number of ketones is 1. The number of benzene rings is 2. The fourth-order valence-electron chi connectivity index (χ4n) is 3.27. The minimum Gasteiger partial charge on any atom is -0.490 e. The molecule has 2 heterocycles. The minimum absolute atomic E-state index is 0.0394. The largest absolute Gasteiger partial charge is 0.490 e. The molecule has 0 bridgehead atoms. The molecule has 1 saturated heterocycles. The Morgan fingerprint density at radius 2 is 2.00 bits per heavy atom. The van der Waals surface area contributed by atoms with Crippen molar-refractivity contribution in [3.63, 3.8) is 0 Å². The van der Waals surface area contributed by atoms with E-state index < -0.39 is 17.5 Å². The number of carbonyl (C=O) groups excluding carboxylic acids is 2. The van der Waals surface area contributed by atoms with Gasteiger partial charge in [0.15, 0.2) is 17.3 Å². The van der Waals surface area contributed by atoms with E-state index in [1.807, 2.05) is 0 Å². The van der Waals surface area contributed by atoms with Crippen molar-refractivity contribution in [3.8, 4) is 11.5 Å². The molecule has 0 spiro atoms. The Kier molecular flexibility index (Phi) is 5.05. The maximum absolute atomic E-state index is 14.3. The zero-order valence-electron chi connectivity index (χ0n) is 14.7. The van der Waals surface area contributed by atoms with E-state index in [2.05, 4.69) is 15.9 Å². The lowest BCUT2D eigenvalue weighted by atomic mass is 9.97. The molecule has 0 aromatic heterocycles. The van der Waals surface area contributed by atoms with Gasteiger partial charge in [0.2, 0.25) is 0 Å². The molecule has 0 unspecified atom stereocenters. The van der Waals surface area contributed by atoms with Crippen LogP contribution in [0, 0.1) is 17.6 Å². The first-order valence-corrected chi connectivity index (χ1v) is 9.54. The van der Waals surface area contributed by atoms with Gasteiger partial charge in [0.1, 0.15) is 18.2 Å². The van der Waals surface area contributed by atoms with Gasteiger partial charge in [-0.25, -0.2) is 8.78 Å². The van der Waals surface area contributed by atoms with Crippen molar-refractivity contribution in [1.29, 1.82) is 0 Å². The van der Waals surface area contributed by atoms with Crippen molar-refractivity contribution >= 4 is 27.6 Å². The molecule has 2 aromatic rings. The average molecular weight is 452 g/mol. The van der Waals surface area contributed by atoms with Gasteiger partial charge in [0.05, 0.1) is 12.2 Å². The topological polar surface area (TPSA) is 55.8 Å². The molecule has 0 atom stereocenters. The zero-order chi connectivity index (χ0) is 19.8. The first kappa shape index (κ1) is 18.9. The van der Waals surface area contributed by atoms with Gasteiger partial charge < -0.3 is 14.4 Å². The highest BCUT2D eigenvalue weighted by molar-refractivity contribution is 9.10. The standard InChI is InChI=1S/C20H16BrF2NO4/c21-13-1-2-18(17(23)5-13)27-9-11-7-24(8-11)20(26)15-4-12-3-14(25)10-28-19(12)6-16(15)22/h1-2,4-6,11H,3,7-10H2. The molecule has 5 nitrogen and oxygen atoms in total. The van der Waals surface area contributed by atoms with Crippen molar-refractivity contribution in [2.75, 3.05) is 26.3 Å². The first-order chi connectivity index (χ1) is 13.4. The Balaban J connectivity index is 1.36. The minimum atomic E-state index is -0.672. The molecule has 146 valence electrons. The molecule has 0 saturated carbocycles. The van der Waals surface area contributed by atoms with Gasteiger partial charge in [0, 0.05) is 41.5 Å². The number of fused-ring (bicyclic) bond motifs is 1. The maximum Gasteiger partial charge on any atom is 0.256 e. The molecule has 1 fully saturated rings. The molecule has 0 radical (unpaired) electrons. The van der Waals surface area contributed by atoms with Crippen LogP contribution in [0.25, 0.3) is 0 Å². The summed E-state index contributed by atoms with van der Waals surface area (Å²) < 4.78 is 39.4. The monoisotopic (exact) mass is 451 g/mol. The van der Waals surface area contributed by atoms with Crippen molar-refractivity contribution in [2.45, 2.75) is 6.42 Å². The van der Waals surface area contributed by atoms with E-state index in [-0.39, 0.29) is 42.6 Å². The van der Waals surface area contributed by atoms with E-state index in [0.717, 1.165) is 6.07 Å². The predicted molar refractivity (Wildman–Crippen MR) is 99.6 cm³/mol. The molecular formula is C20H16BrF2NO4. The van der Waals surface area contributed by atoms with Crippen LogP contribution < -0.4 is 9.47 Å². The Labute approximate surface area is 168 Å². The number of hydrogen-bond acceptors (Lipinski definition) is 4. The predicted octanol–water partition coefficient (Wildman–Crippen LogP) is 3.38. The highest BCUT2D eigenvalue weighted by Crippen LogP contribution is 2.29. The van der Waals surface area contributed by atoms with Crippen LogP contribution in [0.2, 0.25) is 0 Å². The number of nitrogens with zero attached hydrogens (tertiary/aromatic N) is 1. The zero-order valence-corrected chi connectivity index (χ0v) is 16.3. The van der Waals surface area contributed by atoms with Crippen molar-refractivity contribution in [1.82, 2.24) is 4.90 Å². The van der Waals surface area contributed by atoms with Crippen molar-refractivity contribution in [3.05, 3.63) is 57.6 Å². The van der Waals surface area contributed by atoms with E-state index in [9.17, 15) is 18.4 Å². The summed E-state index contributed by atoms with van der Waals surface area (Å²) in [6, 6.07) is 7.09. The fourth-order valence-corrected chi connectivity index (χ4v) is 3.60. The Hall–Kier alpha value is -2.48. The number of hydrogen-bond donors (Lipinski definition) is 0. The van der Waals surface area contributed by atoms with E-state index in [0.29, 0.717) is 28.9 Å². The highest BCUT2D eigenvalue weighted by atomic mass is 79.9. The number of Topliss-reactive ketones (excluding diaryl/α,β-unsaturated/α-hetero) is 1. The van der Waals surface area contributed by atoms with Crippen LogP contribution in [0.15, 0.2) is 34.8 Å². The lowest BCUT2D eigenvalue weighted by Crippen LogP contribution is -2.52. The summed E-state index contributed by atoms with van der Waals surface area (Å²) >= 11 is 3.18. The number of amides is 1. The van der Waals surface area contributed by atoms with Gasteiger partial charge in [-0.3, -0.25) is 9.59 Å². The number of likely N-dealkylation sites (tertiary alicyclic amines) is 1. The van der Waals surface area contributed by atoms with Gasteiger partial charge in [-0.15, -0.1) is 0 Å². The molecule has 2 aliphatic heterocycles. The quantitative estimate of drug-likeness (QED) is 0.714. The van der Waals surface area contributed by atoms with Crippen LogP contribution in [-0.4, -0.2) is 42.9 Å². The summed E-state index contributed by atoms with van der Waals surface area (Å²) in [6.45, 7) is 0.968. The van der Waals surface area contributed by atoms with E-state index >= 15 is 0 Å². The summed E-state index contributed by atoms with van der Waals surface area (Å²) in [5.74, 6) is -1.19. The third-order valence-corrected chi connectivity index (χ3v) is 5.26. The highest BCUT2D eigenvalue weighted by Gasteiger charge is 2.34.